The van der Waals surface area contributed by atoms with Crippen molar-refractivity contribution in [3.63, 3.8) is 0 Å². The number of carboxylic acid groups (broad SMARTS) is 1. The van der Waals surface area contributed by atoms with Gasteiger partial charge >= 0.3 is 30.6 Å². The smallest absolute Gasteiger partial charge is 0.433 e. The first-order chi connectivity index (χ1) is 24.3. The van der Waals surface area contributed by atoms with Crippen molar-refractivity contribution >= 4 is 23.7 Å². The van der Waals surface area contributed by atoms with E-state index in [1.54, 1.807) is 6.92 Å². The van der Waals surface area contributed by atoms with Gasteiger partial charge in [0.2, 0.25) is 5.95 Å². The monoisotopic (exact) mass is 748 g/mol. The van der Waals surface area contributed by atoms with E-state index in [1.165, 1.54) is 0 Å². The lowest BCUT2D eigenvalue weighted by atomic mass is 9.93. The van der Waals surface area contributed by atoms with E-state index >= 15 is 0 Å². The number of alkyl halides is 9. The van der Waals surface area contributed by atoms with Crippen LogP contribution in [-0.4, -0.2) is 51.4 Å². The van der Waals surface area contributed by atoms with Gasteiger partial charge in [0.1, 0.15) is 12.3 Å². The van der Waals surface area contributed by atoms with Crippen molar-refractivity contribution in [3.05, 3.63) is 70.3 Å². The van der Waals surface area contributed by atoms with Gasteiger partial charge in [-0.25, -0.2) is 19.7 Å². The average Bonchev–Trinajstić information content (AvgIpc) is 3.05. The first-order valence-electron chi connectivity index (χ1n) is 15.5. The Hall–Kier alpha value is -5.35. The van der Waals surface area contributed by atoms with Crippen molar-refractivity contribution in [1.82, 2.24) is 15.0 Å². The Kier molecular flexibility index (Phi) is 12.1. The van der Waals surface area contributed by atoms with Crippen LogP contribution in [0.25, 0.3) is 0 Å². The summed E-state index contributed by atoms with van der Waals surface area (Å²) in [5.74, 6) is -1.71. The summed E-state index contributed by atoms with van der Waals surface area (Å²) in [5, 5.41) is 20.5. The van der Waals surface area contributed by atoms with Crippen LogP contribution in [0.2, 0.25) is 0 Å². The molecule has 1 amide bonds. The highest BCUT2D eigenvalue weighted by Gasteiger charge is 2.41. The fraction of sp³-hybridized carbons (Fsp3) is 0.438. The summed E-state index contributed by atoms with van der Waals surface area (Å²) >= 11 is 0. The highest BCUT2D eigenvalue weighted by molar-refractivity contribution is 5.90. The number of halogens is 9. The molecular formula is C32H29F9N6O5. The second kappa shape index (κ2) is 15.9. The quantitative estimate of drug-likeness (QED) is 0.138. The van der Waals surface area contributed by atoms with Crippen molar-refractivity contribution in [2.75, 3.05) is 23.4 Å². The minimum atomic E-state index is -5.13. The Morgan fingerprint density at radius 1 is 1.00 bits per heavy atom. The van der Waals surface area contributed by atoms with Gasteiger partial charge in [-0.2, -0.15) is 44.8 Å². The number of carbonyl (C=O) groups excluding carboxylic acids is 1. The molecule has 0 fully saturated rings. The highest BCUT2D eigenvalue weighted by Crippen LogP contribution is 2.42. The van der Waals surface area contributed by atoms with E-state index in [2.05, 4.69) is 20.3 Å². The summed E-state index contributed by atoms with van der Waals surface area (Å²) in [6.45, 7) is 1.05. The molecule has 11 nitrogen and oxygen atoms in total. The number of pyridine rings is 1. The van der Waals surface area contributed by atoms with Gasteiger partial charge < -0.3 is 19.9 Å². The Labute approximate surface area is 289 Å². The molecule has 52 heavy (non-hydrogen) atoms. The first-order valence-corrected chi connectivity index (χ1v) is 15.5. The third-order valence-electron chi connectivity index (χ3n) is 7.71. The molecule has 2 aromatic heterocycles. The summed E-state index contributed by atoms with van der Waals surface area (Å²) in [7, 11) is 0. The molecular weight excluding hydrogens is 719 g/mol. The van der Waals surface area contributed by atoms with E-state index in [0.29, 0.717) is 18.2 Å². The fourth-order valence-corrected chi connectivity index (χ4v) is 5.32. The predicted molar refractivity (Wildman–Crippen MR) is 162 cm³/mol. The number of nitrogens with zero attached hydrogens (tertiary/aromatic N) is 5. The number of benzene rings is 1. The summed E-state index contributed by atoms with van der Waals surface area (Å²) in [6, 6.07) is 2.65. The van der Waals surface area contributed by atoms with Crippen LogP contribution >= 0.6 is 0 Å². The maximum absolute atomic E-state index is 13.8. The zero-order chi connectivity index (χ0) is 38.4. The number of fused-ring (bicyclic) bond motifs is 1. The van der Waals surface area contributed by atoms with Crippen molar-refractivity contribution in [1.29, 1.82) is 5.26 Å². The molecule has 0 aliphatic carbocycles. The molecule has 2 atom stereocenters. The number of nitriles is 1. The van der Waals surface area contributed by atoms with Crippen LogP contribution in [-0.2, 0) is 34.5 Å². The van der Waals surface area contributed by atoms with Crippen LogP contribution in [0.15, 0.2) is 36.5 Å². The van der Waals surface area contributed by atoms with Crippen LogP contribution in [0.3, 0.4) is 0 Å². The minimum absolute atomic E-state index is 0.0339. The maximum Gasteiger partial charge on any atom is 0.433 e. The molecule has 20 heteroatoms. The van der Waals surface area contributed by atoms with Gasteiger partial charge in [-0.3, -0.25) is 9.69 Å². The van der Waals surface area contributed by atoms with E-state index in [1.807, 2.05) is 6.07 Å². The second-order valence-corrected chi connectivity index (χ2v) is 11.4. The third kappa shape index (κ3) is 9.91. The maximum atomic E-state index is 13.8. The topological polar surface area (TPSA) is 151 Å². The summed E-state index contributed by atoms with van der Waals surface area (Å²) in [5.41, 5.74) is -5.50. The van der Waals surface area contributed by atoms with E-state index in [0.717, 1.165) is 17.2 Å². The van der Waals surface area contributed by atoms with Crippen molar-refractivity contribution < 1.29 is 63.7 Å². The number of carbonyl (C=O) groups is 2. The van der Waals surface area contributed by atoms with Crippen molar-refractivity contribution in [3.8, 4) is 11.8 Å². The zero-order valence-electron chi connectivity index (χ0n) is 27.0. The molecule has 3 aromatic rings. The molecule has 1 aromatic carbocycles. The number of amides is 1. The number of ether oxygens (including phenoxy) is 2. The average molecular weight is 749 g/mol. The largest absolute Gasteiger partial charge is 0.490 e. The lowest BCUT2D eigenvalue weighted by Crippen LogP contribution is -2.46. The van der Waals surface area contributed by atoms with Gasteiger partial charge in [-0.1, -0.05) is 6.92 Å². The molecule has 0 saturated carbocycles. The number of anilines is 2. The normalized spacial score (nSPS) is 16.1. The number of carboxylic acids is 1. The van der Waals surface area contributed by atoms with Gasteiger partial charge in [0.05, 0.1) is 59.5 Å². The second-order valence-electron chi connectivity index (χ2n) is 11.4. The summed E-state index contributed by atoms with van der Waals surface area (Å²) < 4.78 is 133. The molecule has 3 heterocycles. The predicted octanol–water partition coefficient (Wildman–Crippen LogP) is 7.95. The zero-order valence-corrected chi connectivity index (χ0v) is 27.0. The van der Waals surface area contributed by atoms with Gasteiger partial charge in [-0.15, -0.1) is 0 Å². The third-order valence-corrected chi connectivity index (χ3v) is 7.71. The molecule has 4 rings (SSSR count). The molecule has 0 radical (unpaired) electrons. The molecule has 1 aliphatic rings. The Bertz CT molecular complexity index is 1780. The van der Waals surface area contributed by atoms with E-state index in [4.69, 9.17) is 19.8 Å². The van der Waals surface area contributed by atoms with Gasteiger partial charge in [0.25, 0.3) is 0 Å². The van der Waals surface area contributed by atoms with Gasteiger partial charge in [0.15, 0.2) is 5.75 Å². The van der Waals surface area contributed by atoms with Crippen LogP contribution < -0.4 is 15.0 Å². The van der Waals surface area contributed by atoms with E-state index < -0.39 is 84.5 Å². The van der Waals surface area contributed by atoms with Crippen molar-refractivity contribution in [2.45, 2.75) is 76.1 Å². The molecule has 2 N–H and O–H groups in total. The molecule has 0 unspecified atom stereocenters. The first kappa shape index (κ1) is 39.4. The molecule has 1 aliphatic heterocycles. The van der Waals surface area contributed by atoms with Crippen molar-refractivity contribution in [2.24, 2.45) is 0 Å². The highest BCUT2D eigenvalue weighted by atomic mass is 19.4. The molecule has 0 spiro atoms. The Balaban J connectivity index is 1.76. The lowest BCUT2D eigenvalue weighted by Gasteiger charge is -2.39. The molecule has 280 valence electrons. The van der Waals surface area contributed by atoms with Gasteiger partial charge in [-0.05, 0) is 55.2 Å². The number of hydrogen-bond acceptors (Lipinski definition) is 9. The number of rotatable bonds is 12. The Morgan fingerprint density at radius 3 is 2.25 bits per heavy atom. The number of nitrogens with one attached hydrogen (secondary N) is 1. The minimum Gasteiger partial charge on any atom is -0.490 e. The number of unbranched alkanes of at least 4 members (excludes halogenated alkanes) is 1. The SMILES string of the molecule is CC[C@@H]1C[C@H](Nc2ncc(OCCCC#N)c(Cc3cc(C(F)(F)F)cc(C(F)(F)F)c3)n2)c2nc(C(F)(F)F)ccc2N1C(=O)OCCC(=O)O. The number of aliphatic carboxylic acids is 1. The van der Waals surface area contributed by atoms with Gasteiger partial charge in [0, 0.05) is 18.9 Å². The fourth-order valence-electron chi connectivity index (χ4n) is 5.32. The van der Waals surface area contributed by atoms with E-state index in [9.17, 15) is 49.1 Å². The molecule has 0 bridgehead atoms. The summed E-state index contributed by atoms with van der Waals surface area (Å²) in [6.07, 6.45) is -15.9. The van der Waals surface area contributed by atoms with Crippen LogP contribution in [0, 0.1) is 11.3 Å². The molecule has 0 saturated heterocycles. The van der Waals surface area contributed by atoms with Crippen LogP contribution in [0.1, 0.15) is 78.8 Å². The number of aromatic nitrogens is 3. The van der Waals surface area contributed by atoms with Crippen LogP contribution in [0.4, 0.5) is 55.9 Å². The van der Waals surface area contributed by atoms with Crippen LogP contribution in [0.5, 0.6) is 5.75 Å². The summed E-state index contributed by atoms with van der Waals surface area (Å²) in [4.78, 5) is 37.1. The number of hydrogen-bond donors (Lipinski definition) is 2. The standard InChI is InChI=1S/C32H29F9N6O5/c1-2-20-15-22(27-23(5-6-25(46-27)32(39,40)41)47(20)29(50)52-10-7-26(48)49)45-28-43-16-24(51-9-4-3-8-42)21(44-28)13-17-11-18(30(33,34)35)14-19(12-17)31(36,37)38/h5-6,11-12,14,16,20,22H,2-4,7,9-10,13,15H2,1H3,(H,48,49)(H,43,44,45)/t20-,22+/m1/s1. The lowest BCUT2D eigenvalue weighted by molar-refractivity contribution is -0.143. The van der Waals surface area contributed by atoms with E-state index in [-0.39, 0.29) is 67.1 Å². The Morgan fingerprint density at radius 2 is 1.67 bits per heavy atom.